The Morgan fingerprint density at radius 1 is 1.38 bits per heavy atom. The number of amides is 1. The highest BCUT2D eigenvalue weighted by Gasteiger charge is 2.29. The summed E-state index contributed by atoms with van der Waals surface area (Å²) in [4.78, 5) is 16.7. The van der Waals surface area contributed by atoms with Crippen molar-refractivity contribution in [2.24, 2.45) is 7.05 Å². The highest BCUT2D eigenvalue weighted by atomic mass is 16.5. The van der Waals surface area contributed by atoms with Crippen LogP contribution in [0.1, 0.15) is 58.9 Å². The lowest BCUT2D eigenvalue weighted by Crippen LogP contribution is -2.29. The minimum Gasteiger partial charge on any atom is -0.373 e. The van der Waals surface area contributed by atoms with Crippen LogP contribution < -0.4 is 5.32 Å². The van der Waals surface area contributed by atoms with Gasteiger partial charge in [-0.1, -0.05) is 24.3 Å². The molecule has 1 unspecified atom stereocenters. The Balaban J connectivity index is 1.35. The molecule has 1 aromatic heterocycles. The lowest BCUT2D eigenvalue weighted by molar-refractivity contribution is 0.0366. The van der Waals surface area contributed by atoms with Gasteiger partial charge in [0, 0.05) is 19.5 Å². The number of carbonyl (C=O) groups excluding carboxylic acids is 1. The van der Waals surface area contributed by atoms with Crippen LogP contribution in [0, 0.1) is 0 Å². The minimum atomic E-state index is -0.166. The predicted octanol–water partition coefficient (Wildman–Crippen LogP) is 2.13. The molecule has 1 saturated carbocycles. The van der Waals surface area contributed by atoms with Crippen molar-refractivity contribution in [3.05, 3.63) is 47.0 Å². The highest BCUT2D eigenvalue weighted by molar-refractivity contribution is 5.90. The van der Waals surface area contributed by atoms with Crippen LogP contribution in [0.15, 0.2) is 24.3 Å². The van der Waals surface area contributed by atoms with Gasteiger partial charge in [-0.3, -0.25) is 4.79 Å². The van der Waals surface area contributed by atoms with Crippen LogP contribution >= 0.6 is 0 Å². The van der Waals surface area contributed by atoms with Gasteiger partial charge in [-0.2, -0.15) is 5.10 Å². The number of ether oxygens (including phenoxy) is 1. The second kappa shape index (κ2) is 6.36. The number of benzene rings is 1. The molecule has 1 atom stereocenters. The van der Waals surface area contributed by atoms with E-state index in [2.05, 4.69) is 33.6 Å². The first-order chi connectivity index (χ1) is 11.7. The Labute approximate surface area is 141 Å². The molecule has 126 valence electrons. The zero-order chi connectivity index (χ0) is 16.5. The fourth-order valence-electron chi connectivity index (χ4n) is 3.23. The van der Waals surface area contributed by atoms with Gasteiger partial charge in [0.25, 0.3) is 5.91 Å². The Morgan fingerprint density at radius 3 is 3.04 bits per heavy atom. The highest BCUT2D eigenvalue weighted by Crippen LogP contribution is 2.38. The van der Waals surface area contributed by atoms with E-state index < -0.39 is 0 Å². The van der Waals surface area contributed by atoms with E-state index in [0.717, 1.165) is 38.1 Å². The number of hydrogen-bond acceptors (Lipinski definition) is 4. The van der Waals surface area contributed by atoms with Crippen molar-refractivity contribution in [1.29, 1.82) is 0 Å². The maximum Gasteiger partial charge on any atom is 0.288 e. The van der Waals surface area contributed by atoms with Gasteiger partial charge in [0.2, 0.25) is 5.82 Å². The first-order valence-electron chi connectivity index (χ1n) is 8.61. The zero-order valence-electron chi connectivity index (χ0n) is 13.9. The third-order valence-electron chi connectivity index (χ3n) is 4.71. The van der Waals surface area contributed by atoms with Gasteiger partial charge < -0.3 is 10.1 Å². The van der Waals surface area contributed by atoms with Crippen molar-refractivity contribution in [3.8, 4) is 0 Å². The maximum atomic E-state index is 12.3. The molecular formula is C18H22N4O2. The minimum absolute atomic E-state index is 0.0526. The number of fused-ring (bicyclic) bond motifs is 1. The lowest BCUT2D eigenvalue weighted by Gasteiger charge is -2.26. The Morgan fingerprint density at radius 2 is 2.21 bits per heavy atom. The largest absolute Gasteiger partial charge is 0.373 e. The molecule has 1 amide bonds. The monoisotopic (exact) mass is 326 g/mol. The van der Waals surface area contributed by atoms with Crippen molar-refractivity contribution in [2.75, 3.05) is 13.2 Å². The standard InChI is InChI=1S/C18H22N4O2/c1-22-17(20-16(21-22)13-6-7-13)18(23)19-10-8-15-14-5-3-2-4-12(14)9-11-24-15/h2-5,13,15H,6-11H2,1H3,(H,19,23). The molecule has 1 aliphatic carbocycles. The molecular weight excluding hydrogens is 304 g/mol. The Kier molecular flexibility index (Phi) is 4.06. The second-order valence-corrected chi connectivity index (χ2v) is 6.54. The van der Waals surface area contributed by atoms with E-state index >= 15 is 0 Å². The quantitative estimate of drug-likeness (QED) is 0.914. The maximum absolute atomic E-state index is 12.3. The molecule has 1 fully saturated rings. The summed E-state index contributed by atoms with van der Waals surface area (Å²) >= 11 is 0. The molecule has 0 saturated heterocycles. The average molecular weight is 326 g/mol. The number of nitrogens with zero attached hydrogens (tertiary/aromatic N) is 3. The van der Waals surface area contributed by atoms with Crippen molar-refractivity contribution in [1.82, 2.24) is 20.1 Å². The fourth-order valence-corrected chi connectivity index (χ4v) is 3.23. The normalized spacial score (nSPS) is 19.8. The summed E-state index contributed by atoms with van der Waals surface area (Å²) in [6.07, 6.45) is 4.03. The van der Waals surface area contributed by atoms with E-state index in [1.165, 1.54) is 11.1 Å². The summed E-state index contributed by atoms with van der Waals surface area (Å²) < 4.78 is 7.45. The molecule has 1 aliphatic heterocycles. The van der Waals surface area contributed by atoms with Crippen molar-refractivity contribution in [2.45, 2.75) is 37.7 Å². The summed E-state index contributed by atoms with van der Waals surface area (Å²) in [5.74, 6) is 1.47. The van der Waals surface area contributed by atoms with Gasteiger partial charge in [0.15, 0.2) is 5.82 Å². The van der Waals surface area contributed by atoms with Crippen LogP contribution in [0.3, 0.4) is 0 Å². The number of aryl methyl sites for hydroxylation is 1. The van der Waals surface area contributed by atoms with Gasteiger partial charge in [-0.25, -0.2) is 9.67 Å². The molecule has 6 nitrogen and oxygen atoms in total. The topological polar surface area (TPSA) is 69.0 Å². The van der Waals surface area contributed by atoms with E-state index in [9.17, 15) is 4.79 Å². The van der Waals surface area contributed by atoms with Gasteiger partial charge in [0.05, 0.1) is 12.7 Å². The van der Waals surface area contributed by atoms with E-state index in [-0.39, 0.29) is 12.0 Å². The smallest absolute Gasteiger partial charge is 0.288 e. The van der Waals surface area contributed by atoms with Crippen LogP contribution in [0.25, 0.3) is 0 Å². The molecule has 2 aliphatic rings. The molecule has 4 rings (SSSR count). The first kappa shape index (κ1) is 15.3. The number of rotatable bonds is 5. The summed E-state index contributed by atoms with van der Waals surface area (Å²) in [6, 6.07) is 8.38. The number of hydrogen-bond donors (Lipinski definition) is 1. The SMILES string of the molecule is Cn1nc(C2CC2)nc1C(=O)NCCC1OCCc2ccccc21. The average Bonchev–Trinajstić information content (AvgIpc) is 3.37. The summed E-state index contributed by atoms with van der Waals surface area (Å²) in [5, 5.41) is 7.29. The van der Waals surface area contributed by atoms with E-state index in [0.29, 0.717) is 18.3 Å². The van der Waals surface area contributed by atoms with Gasteiger partial charge >= 0.3 is 0 Å². The van der Waals surface area contributed by atoms with Crippen LogP contribution in [0.5, 0.6) is 0 Å². The lowest BCUT2D eigenvalue weighted by atomic mass is 9.96. The van der Waals surface area contributed by atoms with Gasteiger partial charge in [0.1, 0.15) is 0 Å². The number of nitrogens with one attached hydrogen (secondary N) is 1. The van der Waals surface area contributed by atoms with Crippen molar-refractivity contribution >= 4 is 5.91 Å². The summed E-state index contributed by atoms with van der Waals surface area (Å²) in [5.41, 5.74) is 2.59. The van der Waals surface area contributed by atoms with Crippen LogP contribution in [0.4, 0.5) is 0 Å². The Bertz CT molecular complexity index is 751. The summed E-state index contributed by atoms with van der Waals surface area (Å²) in [7, 11) is 1.77. The van der Waals surface area contributed by atoms with Crippen LogP contribution in [0.2, 0.25) is 0 Å². The molecule has 2 aromatic rings. The second-order valence-electron chi connectivity index (χ2n) is 6.54. The van der Waals surface area contributed by atoms with Gasteiger partial charge in [-0.15, -0.1) is 0 Å². The van der Waals surface area contributed by atoms with E-state index in [1.807, 2.05) is 6.07 Å². The zero-order valence-corrected chi connectivity index (χ0v) is 13.9. The molecule has 1 N–H and O–H groups in total. The predicted molar refractivity (Wildman–Crippen MR) is 88.8 cm³/mol. The fraction of sp³-hybridized carbons (Fsp3) is 0.500. The molecule has 2 heterocycles. The molecule has 6 heteroatoms. The van der Waals surface area contributed by atoms with Crippen LogP contribution in [-0.4, -0.2) is 33.8 Å². The number of carbonyl (C=O) groups is 1. The summed E-state index contributed by atoms with van der Waals surface area (Å²) in [6.45, 7) is 1.30. The van der Waals surface area contributed by atoms with Gasteiger partial charge in [-0.05, 0) is 36.8 Å². The third-order valence-corrected chi connectivity index (χ3v) is 4.71. The number of aromatic nitrogens is 3. The Hall–Kier alpha value is -2.21. The molecule has 0 bridgehead atoms. The van der Waals surface area contributed by atoms with Crippen molar-refractivity contribution in [3.63, 3.8) is 0 Å². The first-order valence-corrected chi connectivity index (χ1v) is 8.61. The molecule has 24 heavy (non-hydrogen) atoms. The molecule has 1 aromatic carbocycles. The molecule has 0 radical (unpaired) electrons. The van der Waals surface area contributed by atoms with Crippen molar-refractivity contribution < 1.29 is 9.53 Å². The van der Waals surface area contributed by atoms with Crippen LogP contribution in [-0.2, 0) is 18.2 Å². The van der Waals surface area contributed by atoms with E-state index in [4.69, 9.17) is 4.74 Å². The van der Waals surface area contributed by atoms with E-state index in [1.54, 1.807) is 11.7 Å². The molecule has 0 spiro atoms. The third kappa shape index (κ3) is 3.06.